The molecule has 1 amide bonds. The van der Waals surface area contributed by atoms with E-state index in [0.29, 0.717) is 29.7 Å². The van der Waals surface area contributed by atoms with Gasteiger partial charge in [-0.15, -0.1) is 0 Å². The number of nitrogens with zero attached hydrogens (tertiary/aromatic N) is 4. The van der Waals surface area contributed by atoms with E-state index in [2.05, 4.69) is 49.1 Å². The Labute approximate surface area is 198 Å². The van der Waals surface area contributed by atoms with Gasteiger partial charge in [0.05, 0.1) is 23.4 Å². The summed E-state index contributed by atoms with van der Waals surface area (Å²) in [6.07, 6.45) is 4.16. The summed E-state index contributed by atoms with van der Waals surface area (Å²) in [6, 6.07) is 14.3. The highest BCUT2D eigenvalue weighted by Crippen LogP contribution is 2.46. The van der Waals surface area contributed by atoms with Crippen LogP contribution in [-0.4, -0.2) is 33.9 Å². The molecular weight excluding hydrogens is 428 g/mol. The van der Waals surface area contributed by atoms with Gasteiger partial charge < -0.3 is 16.0 Å². The van der Waals surface area contributed by atoms with Gasteiger partial charge in [0.2, 0.25) is 17.6 Å². The summed E-state index contributed by atoms with van der Waals surface area (Å²) in [6.45, 7) is 4.21. The van der Waals surface area contributed by atoms with Crippen LogP contribution in [0.2, 0.25) is 0 Å². The molecule has 3 aromatic rings. The maximum atomic E-state index is 12.7. The van der Waals surface area contributed by atoms with Crippen LogP contribution in [0.5, 0.6) is 0 Å². The molecule has 0 spiro atoms. The Balaban J connectivity index is 1.44. The fraction of sp³-hybridized carbons (Fsp3) is 0.320. The highest BCUT2D eigenvalue weighted by molar-refractivity contribution is 5.97. The van der Waals surface area contributed by atoms with Crippen molar-refractivity contribution in [2.45, 2.75) is 38.1 Å². The van der Waals surface area contributed by atoms with Gasteiger partial charge in [-0.25, -0.2) is 10.3 Å². The molecule has 5 rings (SSSR count). The maximum Gasteiger partial charge on any atom is 0.260 e. The molecule has 9 heteroatoms. The Kier molecular flexibility index (Phi) is 5.92. The average Bonchev–Trinajstić information content (AvgIpc) is 3.66. The second-order valence-electron chi connectivity index (χ2n) is 8.67. The number of hydrogen-bond donors (Lipinski definition) is 4. The van der Waals surface area contributed by atoms with E-state index in [0.717, 1.165) is 43.7 Å². The summed E-state index contributed by atoms with van der Waals surface area (Å²) in [5.74, 6) is 1.28. The van der Waals surface area contributed by atoms with E-state index >= 15 is 0 Å². The van der Waals surface area contributed by atoms with Gasteiger partial charge in [-0.2, -0.15) is 15.2 Å². The minimum atomic E-state index is -0.480. The van der Waals surface area contributed by atoms with Crippen LogP contribution >= 0.6 is 0 Å². The molecule has 1 aromatic carbocycles. The second-order valence-corrected chi connectivity index (χ2v) is 8.67. The third-order valence-corrected chi connectivity index (χ3v) is 6.26. The molecule has 0 radical (unpaired) electrons. The zero-order valence-corrected chi connectivity index (χ0v) is 19.1. The summed E-state index contributed by atoms with van der Waals surface area (Å²) < 4.78 is 0. The number of carbonyl (C=O) groups is 1. The van der Waals surface area contributed by atoms with Crippen molar-refractivity contribution in [3.8, 4) is 6.07 Å². The zero-order chi connectivity index (χ0) is 23.5. The number of hydrogen-bond acceptors (Lipinski definition) is 7. The van der Waals surface area contributed by atoms with Crippen LogP contribution in [-0.2, 0) is 18.4 Å². The van der Waals surface area contributed by atoms with E-state index in [-0.39, 0.29) is 5.91 Å². The molecule has 1 saturated carbocycles. The first-order valence-corrected chi connectivity index (χ1v) is 11.6. The third kappa shape index (κ3) is 4.46. The maximum absolute atomic E-state index is 12.7. The third-order valence-electron chi connectivity index (χ3n) is 6.26. The highest BCUT2D eigenvalue weighted by Gasteiger charge is 2.46. The van der Waals surface area contributed by atoms with Crippen LogP contribution in [0.3, 0.4) is 0 Å². The van der Waals surface area contributed by atoms with Crippen molar-refractivity contribution in [3.63, 3.8) is 0 Å². The second kappa shape index (κ2) is 9.17. The van der Waals surface area contributed by atoms with E-state index in [4.69, 9.17) is 0 Å². The van der Waals surface area contributed by atoms with Crippen molar-refractivity contribution in [1.29, 1.82) is 5.26 Å². The molecule has 0 saturated heterocycles. The van der Waals surface area contributed by atoms with E-state index < -0.39 is 5.41 Å². The van der Waals surface area contributed by atoms with Gasteiger partial charge in [0.25, 0.3) is 5.91 Å². The molecule has 172 valence electrons. The lowest BCUT2D eigenvalue weighted by Crippen LogP contribution is -2.73. The smallest absolute Gasteiger partial charge is 0.260 e. The predicted molar refractivity (Wildman–Crippen MR) is 127 cm³/mol. The molecular formula is C25H27N8O+. The van der Waals surface area contributed by atoms with Crippen molar-refractivity contribution >= 4 is 29.2 Å². The predicted octanol–water partition coefficient (Wildman–Crippen LogP) is 2.09. The molecule has 0 unspecified atom stereocenters. The van der Waals surface area contributed by atoms with Crippen molar-refractivity contribution in [3.05, 3.63) is 65.0 Å². The van der Waals surface area contributed by atoms with Gasteiger partial charge in [0.1, 0.15) is 5.56 Å². The number of benzene rings is 1. The summed E-state index contributed by atoms with van der Waals surface area (Å²) >= 11 is 0. The molecule has 1 aliphatic carbocycles. The largest absolute Gasteiger partial charge is 0.352 e. The van der Waals surface area contributed by atoms with Crippen LogP contribution in [0, 0.1) is 11.3 Å². The van der Waals surface area contributed by atoms with Gasteiger partial charge in [-0.1, -0.05) is 12.1 Å². The van der Waals surface area contributed by atoms with Crippen LogP contribution in [0.25, 0.3) is 0 Å². The number of rotatable bonds is 7. The zero-order valence-electron chi connectivity index (χ0n) is 19.1. The number of fused-ring (bicyclic) bond motifs is 1. The number of nitrogens with one attached hydrogen (secondary N) is 3. The van der Waals surface area contributed by atoms with Crippen molar-refractivity contribution in [2.24, 2.45) is 0 Å². The number of nitrogens with two attached hydrogens (primary N) is 1. The Bertz CT molecular complexity index is 1280. The molecule has 9 nitrogen and oxygen atoms in total. The van der Waals surface area contributed by atoms with Crippen LogP contribution in [0.4, 0.5) is 23.3 Å². The lowest BCUT2D eigenvalue weighted by molar-refractivity contribution is -0.487. The summed E-state index contributed by atoms with van der Waals surface area (Å²) in [5.41, 5.74) is 4.17. The van der Waals surface area contributed by atoms with Crippen LogP contribution in [0.1, 0.15) is 46.9 Å². The van der Waals surface area contributed by atoms with Crippen molar-refractivity contribution in [2.75, 3.05) is 18.4 Å². The number of nitriles is 1. The lowest BCUT2D eigenvalue weighted by Gasteiger charge is -2.18. The first-order chi connectivity index (χ1) is 16.6. The minimum absolute atomic E-state index is 0.242. The SMILES string of the molecule is CCNC(=O)c1cnc(Nc2ccc3c(c2)CCNC3)nc1[NH2+]c1cccc(C2(C#N)CC2)n1. The highest BCUT2D eigenvalue weighted by atomic mass is 16.1. The molecule has 3 heterocycles. The fourth-order valence-electron chi connectivity index (χ4n) is 4.17. The van der Waals surface area contributed by atoms with Gasteiger partial charge in [-0.05, 0) is 62.1 Å². The van der Waals surface area contributed by atoms with E-state index in [9.17, 15) is 10.1 Å². The van der Waals surface area contributed by atoms with Crippen molar-refractivity contribution in [1.82, 2.24) is 25.6 Å². The molecule has 1 fully saturated rings. The number of carbonyl (C=O) groups excluding carboxylic acids is 1. The Morgan fingerprint density at radius 1 is 1.24 bits per heavy atom. The summed E-state index contributed by atoms with van der Waals surface area (Å²) in [7, 11) is 0. The minimum Gasteiger partial charge on any atom is -0.352 e. The normalized spacial score (nSPS) is 15.6. The summed E-state index contributed by atoms with van der Waals surface area (Å²) in [4.78, 5) is 26.4. The molecule has 0 atom stereocenters. The first-order valence-electron chi connectivity index (χ1n) is 11.6. The van der Waals surface area contributed by atoms with E-state index in [1.807, 2.05) is 31.2 Å². The Morgan fingerprint density at radius 3 is 2.91 bits per heavy atom. The Morgan fingerprint density at radius 2 is 2.12 bits per heavy atom. The quantitative estimate of drug-likeness (QED) is 0.429. The van der Waals surface area contributed by atoms with Crippen molar-refractivity contribution < 1.29 is 10.1 Å². The molecule has 34 heavy (non-hydrogen) atoms. The standard InChI is InChI=1S/C25H26N8O/c1-2-28-23(34)19-14-29-24(30-18-7-6-17-13-27-11-8-16(17)12-18)33-22(19)32-21-5-3-4-20(31-21)25(15-26)9-10-25/h3-7,12,14,27H,2,8-11,13H2,1H3,(H,28,34)(H2,29,30,31,32,33)/p+1. The number of aromatic nitrogens is 3. The van der Waals surface area contributed by atoms with Crippen LogP contribution in [0.15, 0.2) is 42.6 Å². The van der Waals surface area contributed by atoms with Gasteiger partial charge >= 0.3 is 0 Å². The number of quaternary nitrogens is 1. The van der Waals surface area contributed by atoms with Gasteiger partial charge in [0, 0.05) is 24.8 Å². The fourth-order valence-corrected chi connectivity index (χ4v) is 4.17. The monoisotopic (exact) mass is 455 g/mol. The topological polar surface area (TPSA) is 132 Å². The number of pyridine rings is 1. The van der Waals surface area contributed by atoms with Gasteiger partial charge in [0.15, 0.2) is 0 Å². The lowest BCUT2D eigenvalue weighted by atomic mass is 10.0. The van der Waals surface area contributed by atoms with Crippen LogP contribution < -0.4 is 21.3 Å². The summed E-state index contributed by atoms with van der Waals surface area (Å²) in [5, 5.41) is 20.8. The first kappa shape index (κ1) is 21.9. The average molecular weight is 456 g/mol. The molecule has 5 N–H and O–H groups in total. The Hall–Kier alpha value is -3.87. The molecule has 1 aliphatic heterocycles. The number of anilines is 2. The van der Waals surface area contributed by atoms with Gasteiger partial charge in [-0.3, -0.25) is 4.79 Å². The molecule has 2 aliphatic rings. The molecule has 0 bridgehead atoms. The number of amides is 1. The molecule has 2 aromatic heterocycles. The van der Waals surface area contributed by atoms with E-state index in [1.165, 1.54) is 17.3 Å². The van der Waals surface area contributed by atoms with E-state index in [1.54, 1.807) is 5.32 Å².